The maximum atomic E-state index is 12.4. The fourth-order valence-electron chi connectivity index (χ4n) is 2.06. The average Bonchev–Trinajstić information content (AvgIpc) is 2.74. The van der Waals surface area contributed by atoms with Gasteiger partial charge in [0.25, 0.3) is 0 Å². The summed E-state index contributed by atoms with van der Waals surface area (Å²) in [5.74, 6) is 0. The van der Waals surface area contributed by atoms with Gasteiger partial charge >= 0.3 is 0 Å². The summed E-state index contributed by atoms with van der Waals surface area (Å²) >= 11 is 0. The molecule has 1 aromatic rings. The molecule has 5 nitrogen and oxygen atoms in total. The molecule has 0 spiro atoms. The molecule has 1 N–H and O–H groups in total. The van der Waals surface area contributed by atoms with Crippen LogP contribution >= 0.6 is 0 Å². The topological polar surface area (TPSA) is 54.3 Å². The van der Waals surface area contributed by atoms with Crippen molar-refractivity contribution in [2.45, 2.75) is 44.7 Å². The fourth-order valence-corrected chi connectivity index (χ4v) is 3.37. The van der Waals surface area contributed by atoms with Crippen LogP contribution < -0.4 is 5.32 Å². The fraction of sp³-hybridized carbons (Fsp3) is 0.692. The molecule has 6 heteroatoms. The number of hydrogen-bond donors (Lipinski definition) is 1. The van der Waals surface area contributed by atoms with Crippen molar-refractivity contribution in [3.8, 4) is 0 Å². The zero-order chi connectivity index (χ0) is 14.6. The van der Waals surface area contributed by atoms with Gasteiger partial charge in [0, 0.05) is 38.1 Å². The zero-order valence-electron chi connectivity index (χ0n) is 12.5. The third-order valence-corrected chi connectivity index (χ3v) is 4.89. The first-order valence-corrected chi connectivity index (χ1v) is 8.10. The number of nitrogens with zero attached hydrogens (tertiary/aromatic N) is 2. The molecule has 1 heterocycles. The normalized spacial score (nSPS) is 12.6. The largest absolute Gasteiger partial charge is 0.346 e. The maximum absolute atomic E-state index is 12.4. The monoisotopic (exact) mass is 287 g/mol. The molecule has 0 fully saturated rings. The quantitative estimate of drug-likeness (QED) is 0.832. The highest BCUT2D eigenvalue weighted by Crippen LogP contribution is 2.21. The van der Waals surface area contributed by atoms with E-state index in [2.05, 4.69) is 5.32 Å². The van der Waals surface area contributed by atoms with Crippen molar-refractivity contribution in [3.63, 3.8) is 0 Å². The lowest BCUT2D eigenvalue weighted by atomic mass is 10.3. The first-order valence-electron chi connectivity index (χ1n) is 6.66. The molecule has 0 atom stereocenters. The molecular weight excluding hydrogens is 262 g/mol. The third kappa shape index (κ3) is 3.58. The van der Waals surface area contributed by atoms with Crippen LogP contribution in [0.3, 0.4) is 0 Å². The molecule has 0 aliphatic heterocycles. The summed E-state index contributed by atoms with van der Waals surface area (Å²) in [5, 5.41) is 3.07. The Labute approximate surface area is 116 Å². The molecule has 0 saturated carbocycles. The molecular formula is C13H25N3O2S. The molecule has 19 heavy (non-hydrogen) atoms. The summed E-state index contributed by atoms with van der Waals surface area (Å²) in [4.78, 5) is 0.377. The predicted molar refractivity (Wildman–Crippen MR) is 77.7 cm³/mol. The van der Waals surface area contributed by atoms with E-state index in [9.17, 15) is 8.42 Å². The van der Waals surface area contributed by atoms with Gasteiger partial charge in [-0.15, -0.1) is 0 Å². The predicted octanol–water partition coefficient (Wildman–Crippen LogP) is 1.82. The van der Waals surface area contributed by atoms with Crippen LogP contribution in [0, 0.1) is 0 Å². The van der Waals surface area contributed by atoms with E-state index in [1.54, 1.807) is 19.3 Å². The molecule has 1 aromatic heterocycles. The lowest BCUT2D eigenvalue weighted by Crippen LogP contribution is -2.27. The number of sulfonamides is 1. The van der Waals surface area contributed by atoms with Crippen LogP contribution in [0.2, 0.25) is 0 Å². The van der Waals surface area contributed by atoms with Gasteiger partial charge in [-0.2, -0.15) is 0 Å². The van der Waals surface area contributed by atoms with Crippen LogP contribution in [0.5, 0.6) is 0 Å². The summed E-state index contributed by atoms with van der Waals surface area (Å²) in [5.41, 5.74) is 0.987. The van der Waals surface area contributed by atoms with E-state index in [1.807, 2.05) is 32.4 Å². The van der Waals surface area contributed by atoms with Crippen LogP contribution in [0.1, 0.15) is 38.9 Å². The van der Waals surface area contributed by atoms with Crippen molar-refractivity contribution < 1.29 is 8.42 Å². The average molecular weight is 287 g/mol. The summed E-state index contributed by atoms with van der Waals surface area (Å²) in [6.07, 6.45) is 2.54. The Hall–Kier alpha value is -0.850. The highest BCUT2D eigenvalue weighted by Gasteiger charge is 2.23. The Bertz CT molecular complexity index is 506. The Kier molecular flexibility index (Phi) is 5.58. The second kappa shape index (κ2) is 6.54. The van der Waals surface area contributed by atoms with Crippen LogP contribution in [-0.4, -0.2) is 37.9 Å². The molecule has 110 valence electrons. The number of hydrogen-bond acceptors (Lipinski definition) is 3. The molecule has 0 aliphatic rings. The highest BCUT2D eigenvalue weighted by molar-refractivity contribution is 7.89. The number of nitrogens with one attached hydrogen (secondary N) is 1. The van der Waals surface area contributed by atoms with Crippen LogP contribution in [0.4, 0.5) is 0 Å². The van der Waals surface area contributed by atoms with Crippen molar-refractivity contribution in [1.29, 1.82) is 0 Å². The summed E-state index contributed by atoms with van der Waals surface area (Å²) in [6.45, 7) is 7.26. The molecule has 0 aliphatic carbocycles. The molecule has 0 radical (unpaired) electrons. The molecule has 0 saturated heterocycles. The molecule has 0 aromatic carbocycles. The Morgan fingerprint density at radius 2 is 2.05 bits per heavy atom. The lowest BCUT2D eigenvalue weighted by Gasteiger charge is -2.15. The summed E-state index contributed by atoms with van der Waals surface area (Å²) in [7, 11) is 0.115. The van der Waals surface area contributed by atoms with Gasteiger partial charge in [-0.05, 0) is 33.4 Å². The third-order valence-electron chi connectivity index (χ3n) is 3.07. The van der Waals surface area contributed by atoms with E-state index in [-0.39, 0.29) is 6.04 Å². The molecule has 0 bridgehead atoms. The van der Waals surface area contributed by atoms with Crippen molar-refractivity contribution in [1.82, 2.24) is 14.2 Å². The first-order chi connectivity index (χ1) is 8.84. The van der Waals surface area contributed by atoms with Gasteiger partial charge in [-0.1, -0.05) is 6.92 Å². The van der Waals surface area contributed by atoms with E-state index < -0.39 is 10.0 Å². The van der Waals surface area contributed by atoms with Crippen LogP contribution in [0.15, 0.2) is 17.2 Å². The van der Waals surface area contributed by atoms with Gasteiger partial charge in [0.1, 0.15) is 4.90 Å². The van der Waals surface area contributed by atoms with Crippen molar-refractivity contribution in [2.24, 2.45) is 0 Å². The van der Waals surface area contributed by atoms with Crippen LogP contribution in [0.25, 0.3) is 0 Å². The first kappa shape index (κ1) is 16.2. The minimum atomic E-state index is -3.37. The molecule has 0 unspecified atom stereocenters. The smallest absolute Gasteiger partial charge is 0.244 e. The van der Waals surface area contributed by atoms with E-state index in [1.165, 1.54) is 4.31 Å². The van der Waals surface area contributed by atoms with Crippen molar-refractivity contribution >= 4 is 10.0 Å². The van der Waals surface area contributed by atoms with E-state index >= 15 is 0 Å². The van der Waals surface area contributed by atoms with Crippen molar-refractivity contribution in [3.05, 3.63) is 18.0 Å². The minimum Gasteiger partial charge on any atom is -0.346 e. The van der Waals surface area contributed by atoms with Gasteiger partial charge in [0.05, 0.1) is 0 Å². The molecule has 0 amide bonds. The number of rotatable bonds is 7. The van der Waals surface area contributed by atoms with Gasteiger partial charge in [-0.25, -0.2) is 12.7 Å². The lowest BCUT2D eigenvalue weighted by molar-refractivity contribution is 0.468. The summed E-state index contributed by atoms with van der Waals surface area (Å²) < 4.78 is 28.2. The Morgan fingerprint density at radius 1 is 1.42 bits per heavy atom. The standard InChI is InChI=1S/C13H25N3O2S/c1-6-7-15(5)19(17,18)13-8-12(9-14-4)16(10-13)11(2)3/h8,10-11,14H,6-7,9H2,1-5H3. The second-order valence-corrected chi connectivity index (χ2v) is 7.07. The van der Waals surface area contributed by atoms with Gasteiger partial charge < -0.3 is 9.88 Å². The summed E-state index contributed by atoms with van der Waals surface area (Å²) in [6, 6.07) is 2.00. The molecule has 1 rings (SSSR count). The van der Waals surface area contributed by atoms with Gasteiger partial charge in [-0.3, -0.25) is 0 Å². The SMILES string of the molecule is CCCN(C)S(=O)(=O)c1cc(CNC)n(C(C)C)c1. The van der Waals surface area contributed by atoms with Crippen molar-refractivity contribution in [2.75, 3.05) is 20.6 Å². The number of aromatic nitrogens is 1. The highest BCUT2D eigenvalue weighted by atomic mass is 32.2. The van der Waals surface area contributed by atoms with E-state index in [4.69, 9.17) is 0 Å². The maximum Gasteiger partial charge on any atom is 0.244 e. The Morgan fingerprint density at radius 3 is 2.53 bits per heavy atom. The van der Waals surface area contributed by atoms with Gasteiger partial charge in [0.15, 0.2) is 0 Å². The van der Waals surface area contributed by atoms with E-state index in [0.29, 0.717) is 18.0 Å². The van der Waals surface area contributed by atoms with Gasteiger partial charge in [0.2, 0.25) is 10.0 Å². The van der Waals surface area contributed by atoms with Crippen LogP contribution in [-0.2, 0) is 16.6 Å². The Balaban J connectivity index is 3.17. The van der Waals surface area contributed by atoms with E-state index in [0.717, 1.165) is 12.1 Å². The second-order valence-electron chi connectivity index (χ2n) is 5.03. The zero-order valence-corrected chi connectivity index (χ0v) is 13.3. The minimum absolute atomic E-state index is 0.240.